The van der Waals surface area contributed by atoms with Crippen molar-refractivity contribution in [2.45, 2.75) is 89.5 Å². The summed E-state index contributed by atoms with van der Waals surface area (Å²) in [6.45, 7) is 10.1. The van der Waals surface area contributed by atoms with E-state index in [4.69, 9.17) is 0 Å². The molecule has 1 aliphatic heterocycles. The van der Waals surface area contributed by atoms with Crippen LogP contribution in [0.15, 0.2) is 53.4 Å². The highest BCUT2D eigenvalue weighted by Gasteiger charge is 2.46. The summed E-state index contributed by atoms with van der Waals surface area (Å²) >= 11 is 0. The lowest BCUT2D eigenvalue weighted by atomic mass is 9.98. The summed E-state index contributed by atoms with van der Waals surface area (Å²) in [5.41, 5.74) is 0.942. The first-order chi connectivity index (χ1) is 22.2. The number of sulfonamides is 1. The molecule has 1 heterocycles. The summed E-state index contributed by atoms with van der Waals surface area (Å²) in [4.78, 5) is 65.5. The Morgan fingerprint density at radius 1 is 0.771 bits per heavy atom. The maximum Gasteiger partial charge on any atom is 0.452 e. The van der Waals surface area contributed by atoms with Crippen molar-refractivity contribution >= 4 is 39.4 Å². The lowest BCUT2D eigenvalue weighted by molar-refractivity contribution is -0.175. The van der Waals surface area contributed by atoms with Crippen LogP contribution < -0.4 is 15.4 Å². The van der Waals surface area contributed by atoms with Gasteiger partial charge in [0.15, 0.2) is 0 Å². The third-order valence-electron chi connectivity index (χ3n) is 8.08. The summed E-state index contributed by atoms with van der Waals surface area (Å²) in [6, 6.07) is 7.11. The molecule has 262 valence electrons. The van der Waals surface area contributed by atoms with Crippen LogP contribution in [0.25, 0.3) is 0 Å². The number of amides is 4. The molecule has 15 heteroatoms. The lowest BCUT2D eigenvalue weighted by Gasteiger charge is -2.32. The van der Waals surface area contributed by atoms with Gasteiger partial charge in [-0.25, -0.2) is 13.1 Å². The molecule has 0 aromatic heterocycles. The standard InChI is InChI=1S/C33H41F3N4O7S/c1-18(2)21-13-15-24(16-14-21)48(46,47)39-30(43)23-11-9-22(10-12-23)29(42)38-27(20(5)6)32(45)40-17-7-8-25(40)31(44)37-26(19(3)4)28(41)33(34,35)36/h9-16,18-20,25-27H,7-8,17H2,1-6H3,(H,37,44)(H,38,42)(H,39,43)/t25-,26?,27-/m0/s1. The van der Waals surface area contributed by atoms with Gasteiger partial charge in [-0.05, 0) is 72.6 Å². The highest BCUT2D eigenvalue weighted by Crippen LogP contribution is 2.24. The van der Waals surface area contributed by atoms with Gasteiger partial charge in [0.25, 0.3) is 27.6 Å². The zero-order valence-electron chi connectivity index (χ0n) is 27.6. The Balaban J connectivity index is 1.69. The van der Waals surface area contributed by atoms with Crippen LogP contribution in [0.5, 0.6) is 0 Å². The van der Waals surface area contributed by atoms with Crippen LogP contribution in [0.4, 0.5) is 13.2 Å². The van der Waals surface area contributed by atoms with Crippen LogP contribution in [0.2, 0.25) is 0 Å². The number of nitrogens with one attached hydrogen (secondary N) is 3. The molecule has 1 aliphatic rings. The van der Waals surface area contributed by atoms with Gasteiger partial charge < -0.3 is 15.5 Å². The third kappa shape index (κ3) is 9.20. The SMILES string of the molecule is CC(C)c1ccc(S(=O)(=O)NC(=O)c2ccc(C(=O)N[C@H](C(=O)N3CCC[C@H]3C(=O)NC(C(=O)C(F)(F)F)C(C)C)C(C)C)cc2)cc1. The quantitative estimate of drug-likeness (QED) is 0.304. The number of halogens is 3. The number of ketones is 1. The molecule has 0 radical (unpaired) electrons. The Bertz CT molecular complexity index is 1620. The molecule has 1 unspecified atom stereocenters. The van der Waals surface area contributed by atoms with Crippen molar-refractivity contribution in [1.82, 2.24) is 20.3 Å². The van der Waals surface area contributed by atoms with E-state index in [0.29, 0.717) is 6.42 Å². The van der Waals surface area contributed by atoms with Gasteiger partial charge in [-0.15, -0.1) is 0 Å². The summed E-state index contributed by atoms with van der Waals surface area (Å²) < 4.78 is 66.8. The minimum atomic E-state index is -5.15. The molecule has 0 bridgehead atoms. The number of alkyl halides is 3. The van der Waals surface area contributed by atoms with Crippen LogP contribution in [-0.2, 0) is 24.4 Å². The summed E-state index contributed by atoms with van der Waals surface area (Å²) in [6.07, 6.45) is -4.62. The van der Waals surface area contributed by atoms with Crippen LogP contribution in [0, 0.1) is 11.8 Å². The van der Waals surface area contributed by atoms with Gasteiger partial charge in [0.2, 0.25) is 11.8 Å². The number of rotatable bonds is 12. The zero-order chi connectivity index (χ0) is 36.1. The fourth-order valence-electron chi connectivity index (χ4n) is 5.23. The molecular formula is C33H41F3N4O7S. The lowest BCUT2D eigenvalue weighted by Crippen LogP contribution is -2.58. The Hall–Kier alpha value is -4.27. The smallest absolute Gasteiger partial charge is 0.344 e. The van der Waals surface area contributed by atoms with Crippen molar-refractivity contribution in [2.24, 2.45) is 11.8 Å². The predicted molar refractivity (Wildman–Crippen MR) is 170 cm³/mol. The molecule has 11 nitrogen and oxygen atoms in total. The van der Waals surface area contributed by atoms with E-state index in [0.717, 1.165) is 5.56 Å². The van der Waals surface area contributed by atoms with Crippen molar-refractivity contribution in [3.63, 3.8) is 0 Å². The molecular weight excluding hydrogens is 653 g/mol. The molecule has 3 atom stereocenters. The molecule has 0 aliphatic carbocycles. The number of benzene rings is 2. The number of hydrogen-bond donors (Lipinski definition) is 3. The average molecular weight is 695 g/mol. The van der Waals surface area contributed by atoms with E-state index in [9.17, 15) is 45.6 Å². The zero-order valence-corrected chi connectivity index (χ0v) is 28.4. The molecule has 0 spiro atoms. The van der Waals surface area contributed by atoms with Gasteiger partial charge in [-0.3, -0.25) is 24.0 Å². The molecule has 2 aromatic rings. The molecule has 1 saturated heterocycles. The normalized spacial score (nSPS) is 16.5. The van der Waals surface area contributed by atoms with E-state index >= 15 is 0 Å². The maximum atomic E-state index is 13.6. The van der Waals surface area contributed by atoms with Gasteiger partial charge in [0.05, 0.1) is 10.9 Å². The van der Waals surface area contributed by atoms with Crippen molar-refractivity contribution in [3.8, 4) is 0 Å². The molecule has 2 aromatic carbocycles. The Morgan fingerprint density at radius 3 is 1.77 bits per heavy atom. The van der Waals surface area contributed by atoms with Crippen LogP contribution in [0.1, 0.15) is 86.6 Å². The van der Waals surface area contributed by atoms with Gasteiger partial charge in [0.1, 0.15) is 12.1 Å². The fourth-order valence-corrected chi connectivity index (χ4v) is 6.20. The van der Waals surface area contributed by atoms with Crippen molar-refractivity contribution in [3.05, 3.63) is 65.2 Å². The number of carbonyl (C=O) groups is 5. The molecule has 3 rings (SSSR count). The number of hydrogen-bond acceptors (Lipinski definition) is 7. The summed E-state index contributed by atoms with van der Waals surface area (Å²) in [5.74, 6) is -6.35. The van der Waals surface area contributed by atoms with Gasteiger partial charge >= 0.3 is 6.18 Å². The topological polar surface area (TPSA) is 159 Å². The van der Waals surface area contributed by atoms with Gasteiger partial charge in [0, 0.05) is 17.7 Å². The second-order valence-electron chi connectivity index (χ2n) is 12.7. The fraction of sp³-hybridized carbons (Fsp3) is 0.485. The van der Waals surface area contributed by atoms with E-state index in [1.54, 1.807) is 26.0 Å². The predicted octanol–water partition coefficient (Wildman–Crippen LogP) is 3.95. The van der Waals surface area contributed by atoms with Crippen LogP contribution in [-0.4, -0.2) is 73.6 Å². The van der Waals surface area contributed by atoms with E-state index < -0.39 is 75.6 Å². The molecule has 3 N–H and O–H groups in total. The van der Waals surface area contributed by atoms with E-state index in [-0.39, 0.29) is 34.9 Å². The Labute approximate surface area is 278 Å². The van der Waals surface area contributed by atoms with Crippen molar-refractivity contribution in [2.75, 3.05) is 6.54 Å². The second-order valence-corrected chi connectivity index (χ2v) is 14.4. The Morgan fingerprint density at radius 2 is 1.29 bits per heavy atom. The highest BCUT2D eigenvalue weighted by molar-refractivity contribution is 7.90. The summed E-state index contributed by atoms with van der Waals surface area (Å²) in [5, 5.41) is 4.79. The first kappa shape index (κ1) is 38.2. The Kier molecular flexibility index (Phi) is 12.2. The molecule has 4 amide bonds. The van der Waals surface area contributed by atoms with Crippen LogP contribution >= 0.6 is 0 Å². The second kappa shape index (κ2) is 15.3. The van der Waals surface area contributed by atoms with Gasteiger partial charge in [-0.2, -0.15) is 13.2 Å². The molecule has 1 fully saturated rings. The number of likely N-dealkylation sites (tertiary alicyclic amines) is 1. The minimum absolute atomic E-state index is 0.0416. The van der Waals surface area contributed by atoms with E-state index in [2.05, 4.69) is 10.6 Å². The number of nitrogens with zero attached hydrogens (tertiary/aromatic N) is 1. The first-order valence-electron chi connectivity index (χ1n) is 15.5. The third-order valence-corrected chi connectivity index (χ3v) is 9.42. The van der Waals surface area contributed by atoms with Crippen LogP contribution in [0.3, 0.4) is 0 Å². The first-order valence-corrected chi connectivity index (χ1v) is 17.0. The van der Waals surface area contributed by atoms with Crippen molar-refractivity contribution < 1.29 is 45.6 Å². The van der Waals surface area contributed by atoms with E-state index in [1.807, 2.05) is 18.6 Å². The molecule has 48 heavy (non-hydrogen) atoms. The number of carbonyl (C=O) groups excluding carboxylic acids is 5. The maximum absolute atomic E-state index is 13.6. The summed E-state index contributed by atoms with van der Waals surface area (Å²) in [7, 11) is -4.17. The molecule has 0 saturated carbocycles. The largest absolute Gasteiger partial charge is 0.452 e. The monoisotopic (exact) mass is 694 g/mol. The minimum Gasteiger partial charge on any atom is -0.344 e. The average Bonchev–Trinajstić information content (AvgIpc) is 3.51. The number of Topliss-reactive ketones (excluding diaryl/α,β-unsaturated/α-hetero) is 1. The van der Waals surface area contributed by atoms with E-state index in [1.165, 1.54) is 55.1 Å². The highest BCUT2D eigenvalue weighted by atomic mass is 32.2. The van der Waals surface area contributed by atoms with Crippen molar-refractivity contribution in [1.29, 1.82) is 0 Å². The van der Waals surface area contributed by atoms with Gasteiger partial charge in [-0.1, -0.05) is 53.7 Å².